The van der Waals surface area contributed by atoms with Crippen LogP contribution in [0.4, 0.5) is 30.7 Å². The molecule has 0 rings (SSSR count). The molecule has 0 saturated heterocycles. The normalized spacial score (nSPS) is 13.8. The number of amides is 1. The third kappa shape index (κ3) is 2.71. The first-order valence-electron chi connectivity index (χ1n) is 3.70. The first-order chi connectivity index (χ1) is 6.98. The van der Waals surface area contributed by atoms with E-state index in [-0.39, 0.29) is 5.75 Å². The summed E-state index contributed by atoms with van der Waals surface area (Å²) in [6, 6.07) is 0. The molecular weight excluding hydrogens is 267 g/mol. The van der Waals surface area contributed by atoms with Gasteiger partial charge in [0.05, 0.1) is 0 Å². The van der Waals surface area contributed by atoms with Crippen LogP contribution in [0.1, 0.15) is 0 Å². The molecule has 0 fully saturated rings. The van der Waals surface area contributed by atoms with Gasteiger partial charge in [-0.2, -0.15) is 43.4 Å². The lowest BCUT2D eigenvalue weighted by molar-refractivity contribution is -0.344. The van der Waals surface area contributed by atoms with Crippen molar-refractivity contribution in [3.05, 3.63) is 0 Å². The van der Waals surface area contributed by atoms with Crippen molar-refractivity contribution < 1.29 is 35.5 Å². The van der Waals surface area contributed by atoms with E-state index in [4.69, 9.17) is 0 Å². The van der Waals surface area contributed by atoms with Gasteiger partial charge in [0.1, 0.15) is 0 Å². The molecule has 1 amide bonds. The fraction of sp³-hybridized carbons (Fsp3) is 0.833. The summed E-state index contributed by atoms with van der Waals surface area (Å²) in [6.45, 7) is -0.550. The number of hydrogen-bond acceptors (Lipinski definition) is 2. The number of halogens is 7. The maximum atomic E-state index is 12.5. The molecule has 0 unspecified atom stereocenters. The largest absolute Gasteiger partial charge is 0.460 e. The van der Waals surface area contributed by atoms with Gasteiger partial charge in [0, 0.05) is 12.3 Å². The number of nitrogens with one attached hydrogen (secondary N) is 1. The molecule has 0 atom stereocenters. The minimum Gasteiger partial charge on any atom is -0.350 e. The number of alkyl halides is 7. The van der Waals surface area contributed by atoms with Gasteiger partial charge < -0.3 is 5.32 Å². The molecule has 0 aromatic rings. The van der Waals surface area contributed by atoms with Crippen molar-refractivity contribution in [1.82, 2.24) is 5.32 Å². The number of carbonyl (C=O) groups excluding carboxylic acids is 1. The second-order valence-electron chi connectivity index (χ2n) is 2.63. The minimum atomic E-state index is -6.51. The standard InChI is InChI=1S/C6H6F7NOS/c7-4(8,3(15)14-1-2-16)5(9,10)6(11,12)13/h16H,1-2H2,(H,14,15). The topological polar surface area (TPSA) is 29.1 Å². The van der Waals surface area contributed by atoms with E-state index < -0.39 is 30.5 Å². The third-order valence-corrected chi connectivity index (χ3v) is 1.66. The van der Waals surface area contributed by atoms with Gasteiger partial charge in [-0.1, -0.05) is 0 Å². The van der Waals surface area contributed by atoms with Crippen LogP contribution in [0.5, 0.6) is 0 Å². The van der Waals surface area contributed by atoms with Gasteiger partial charge in [-0.05, 0) is 0 Å². The Bertz CT molecular complexity index is 264. The SMILES string of the molecule is O=C(NCCS)C(F)(F)C(F)(F)C(F)(F)F. The summed E-state index contributed by atoms with van der Waals surface area (Å²) in [6.07, 6.45) is -6.51. The molecule has 0 aliphatic heterocycles. The van der Waals surface area contributed by atoms with Crippen LogP contribution in [0.15, 0.2) is 0 Å². The predicted octanol–water partition coefficient (Wildman–Crippen LogP) is 1.87. The number of hydrogen-bond donors (Lipinski definition) is 2. The van der Waals surface area contributed by atoms with Crippen LogP contribution >= 0.6 is 12.6 Å². The zero-order valence-corrected chi connectivity index (χ0v) is 8.31. The number of rotatable bonds is 4. The molecule has 0 aliphatic carbocycles. The molecule has 0 aromatic carbocycles. The van der Waals surface area contributed by atoms with Crippen molar-refractivity contribution in [2.24, 2.45) is 0 Å². The Balaban J connectivity index is 4.97. The molecular formula is C6H6F7NOS. The van der Waals surface area contributed by atoms with Crippen LogP contribution in [0.2, 0.25) is 0 Å². The van der Waals surface area contributed by atoms with Gasteiger partial charge in [-0.3, -0.25) is 4.79 Å². The highest BCUT2D eigenvalue weighted by molar-refractivity contribution is 7.80. The summed E-state index contributed by atoms with van der Waals surface area (Å²) >= 11 is 3.45. The third-order valence-electron chi connectivity index (χ3n) is 1.43. The average Bonchev–Trinajstić information content (AvgIpc) is 2.11. The molecule has 2 nitrogen and oxygen atoms in total. The maximum Gasteiger partial charge on any atom is 0.460 e. The Morgan fingerprint density at radius 2 is 1.50 bits per heavy atom. The Labute approximate surface area is 90.6 Å². The highest BCUT2D eigenvalue weighted by Crippen LogP contribution is 2.46. The van der Waals surface area contributed by atoms with E-state index in [9.17, 15) is 35.5 Å². The summed E-state index contributed by atoms with van der Waals surface area (Å²) in [5, 5.41) is 1.21. The molecule has 0 saturated carbocycles. The molecule has 16 heavy (non-hydrogen) atoms. The molecule has 0 bridgehead atoms. The van der Waals surface area contributed by atoms with Crippen LogP contribution in [-0.2, 0) is 4.79 Å². The fourth-order valence-electron chi connectivity index (χ4n) is 0.601. The van der Waals surface area contributed by atoms with E-state index >= 15 is 0 Å². The summed E-state index contributed by atoms with van der Waals surface area (Å²) in [5.74, 6) is -15.1. The molecule has 1 N–H and O–H groups in total. The van der Waals surface area contributed by atoms with Gasteiger partial charge in [0.15, 0.2) is 0 Å². The second kappa shape index (κ2) is 4.68. The van der Waals surface area contributed by atoms with E-state index in [2.05, 4.69) is 12.6 Å². The van der Waals surface area contributed by atoms with E-state index in [1.165, 1.54) is 5.32 Å². The average molecular weight is 273 g/mol. The first-order valence-corrected chi connectivity index (χ1v) is 4.33. The van der Waals surface area contributed by atoms with Crippen LogP contribution in [0, 0.1) is 0 Å². The summed E-state index contributed by atoms with van der Waals surface area (Å²) in [4.78, 5) is 10.4. The molecule has 10 heteroatoms. The quantitative estimate of drug-likeness (QED) is 0.594. The Morgan fingerprint density at radius 1 is 1.06 bits per heavy atom. The molecule has 0 aromatic heterocycles. The molecule has 0 aliphatic rings. The zero-order chi connectivity index (χ0) is 13.2. The molecule has 96 valence electrons. The van der Waals surface area contributed by atoms with Gasteiger partial charge >= 0.3 is 18.0 Å². The van der Waals surface area contributed by atoms with Crippen molar-refractivity contribution in [3.8, 4) is 0 Å². The van der Waals surface area contributed by atoms with Crippen molar-refractivity contribution in [2.45, 2.75) is 18.0 Å². The Kier molecular flexibility index (Phi) is 4.48. The van der Waals surface area contributed by atoms with Gasteiger partial charge in [0.25, 0.3) is 5.91 Å². The van der Waals surface area contributed by atoms with Gasteiger partial charge in [0.2, 0.25) is 0 Å². The summed E-state index contributed by atoms with van der Waals surface area (Å²) < 4.78 is 84.2. The van der Waals surface area contributed by atoms with E-state index in [0.717, 1.165) is 0 Å². The van der Waals surface area contributed by atoms with Crippen molar-refractivity contribution in [3.63, 3.8) is 0 Å². The van der Waals surface area contributed by atoms with Gasteiger partial charge in [-0.15, -0.1) is 0 Å². The van der Waals surface area contributed by atoms with E-state index in [1.54, 1.807) is 0 Å². The van der Waals surface area contributed by atoms with Gasteiger partial charge in [-0.25, -0.2) is 0 Å². The second-order valence-corrected chi connectivity index (χ2v) is 3.07. The number of thiol groups is 1. The first kappa shape index (κ1) is 15.3. The van der Waals surface area contributed by atoms with Crippen LogP contribution in [0.3, 0.4) is 0 Å². The van der Waals surface area contributed by atoms with Crippen LogP contribution in [0.25, 0.3) is 0 Å². The molecule has 0 radical (unpaired) electrons. The molecule has 0 spiro atoms. The van der Waals surface area contributed by atoms with Crippen molar-refractivity contribution >= 4 is 18.5 Å². The maximum absolute atomic E-state index is 12.5. The monoisotopic (exact) mass is 273 g/mol. The Morgan fingerprint density at radius 3 is 1.81 bits per heavy atom. The highest BCUT2D eigenvalue weighted by Gasteiger charge is 2.76. The summed E-state index contributed by atoms with van der Waals surface area (Å²) in [7, 11) is 0. The van der Waals surface area contributed by atoms with E-state index in [1.807, 2.05) is 0 Å². The van der Waals surface area contributed by atoms with Crippen LogP contribution in [-0.4, -0.2) is 36.2 Å². The van der Waals surface area contributed by atoms with Crippen LogP contribution < -0.4 is 5.32 Å². The van der Waals surface area contributed by atoms with Crippen molar-refractivity contribution in [1.29, 1.82) is 0 Å². The summed E-state index contributed by atoms with van der Waals surface area (Å²) in [5.41, 5.74) is 0. The minimum absolute atomic E-state index is 0.181. The smallest absolute Gasteiger partial charge is 0.350 e. The molecule has 0 heterocycles. The Hall–Kier alpha value is -0.670. The number of carbonyl (C=O) groups is 1. The predicted molar refractivity (Wildman–Crippen MR) is 42.8 cm³/mol. The lowest BCUT2D eigenvalue weighted by atomic mass is 10.1. The zero-order valence-electron chi connectivity index (χ0n) is 7.42. The lowest BCUT2D eigenvalue weighted by Gasteiger charge is -2.26. The highest BCUT2D eigenvalue weighted by atomic mass is 32.1. The van der Waals surface area contributed by atoms with E-state index in [0.29, 0.717) is 0 Å². The lowest BCUT2D eigenvalue weighted by Crippen LogP contribution is -2.59. The van der Waals surface area contributed by atoms with Crippen molar-refractivity contribution in [2.75, 3.05) is 12.3 Å². The fourth-order valence-corrected chi connectivity index (χ4v) is 0.713.